The molecule has 26 heavy (non-hydrogen) atoms. The van der Waals surface area contributed by atoms with E-state index in [4.69, 9.17) is 32.7 Å². The normalized spacial score (nSPS) is 11.1. The van der Waals surface area contributed by atoms with Crippen molar-refractivity contribution in [2.75, 3.05) is 26.1 Å². The van der Waals surface area contributed by atoms with Gasteiger partial charge < -0.3 is 14.8 Å². The first-order valence-corrected chi connectivity index (χ1v) is 9.47. The first kappa shape index (κ1) is 20.3. The Morgan fingerprint density at radius 1 is 1.04 bits per heavy atom. The monoisotopic (exact) mass is 418 g/mol. The fourth-order valence-corrected chi connectivity index (χ4v) is 3.78. The Labute approximate surface area is 161 Å². The number of nitrogens with one attached hydrogen (secondary N) is 2. The first-order valence-electron chi connectivity index (χ1n) is 7.23. The number of sulfonamides is 1. The van der Waals surface area contributed by atoms with Gasteiger partial charge in [-0.1, -0.05) is 23.2 Å². The summed E-state index contributed by atoms with van der Waals surface area (Å²) in [6, 6.07) is 8.80. The third-order valence-electron chi connectivity index (χ3n) is 3.27. The molecule has 0 aromatic heterocycles. The number of carbonyl (C=O) groups is 1. The van der Waals surface area contributed by atoms with Crippen molar-refractivity contribution in [3.05, 3.63) is 46.4 Å². The summed E-state index contributed by atoms with van der Waals surface area (Å²) in [6.45, 7) is -0.487. The molecule has 0 radical (unpaired) electrons. The van der Waals surface area contributed by atoms with Crippen LogP contribution in [0.4, 0.5) is 5.69 Å². The predicted molar refractivity (Wildman–Crippen MR) is 99.8 cm³/mol. The maximum absolute atomic E-state index is 12.3. The van der Waals surface area contributed by atoms with Gasteiger partial charge in [0.05, 0.1) is 25.8 Å². The molecule has 0 bridgehead atoms. The molecule has 10 heteroatoms. The van der Waals surface area contributed by atoms with Crippen molar-refractivity contribution in [2.45, 2.75) is 4.90 Å². The summed E-state index contributed by atoms with van der Waals surface area (Å²) >= 11 is 11.7. The minimum Gasteiger partial charge on any atom is -0.493 e. The molecule has 0 aliphatic carbocycles. The molecule has 0 heterocycles. The number of hydrogen-bond donors (Lipinski definition) is 2. The maximum Gasteiger partial charge on any atom is 0.242 e. The molecule has 0 aliphatic rings. The van der Waals surface area contributed by atoms with Gasteiger partial charge in [-0.25, -0.2) is 13.1 Å². The second-order valence-corrected chi connectivity index (χ2v) is 7.60. The number of amides is 1. The van der Waals surface area contributed by atoms with Crippen LogP contribution in [0, 0.1) is 0 Å². The Hall–Kier alpha value is -2.00. The third kappa shape index (κ3) is 5.01. The largest absolute Gasteiger partial charge is 0.493 e. The predicted octanol–water partition coefficient (Wildman–Crippen LogP) is 2.93. The quantitative estimate of drug-likeness (QED) is 0.720. The maximum atomic E-state index is 12.3. The first-order chi connectivity index (χ1) is 12.3. The average Bonchev–Trinajstić information content (AvgIpc) is 2.62. The second kappa shape index (κ2) is 8.59. The Balaban J connectivity index is 2.05. The number of rotatable bonds is 7. The summed E-state index contributed by atoms with van der Waals surface area (Å²) < 4.78 is 37.0. The molecule has 0 fully saturated rings. The lowest BCUT2D eigenvalue weighted by molar-refractivity contribution is -0.115. The van der Waals surface area contributed by atoms with E-state index in [1.165, 1.54) is 32.4 Å². The molecule has 0 unspecified atom stereocenters. The fourth-order valence-electron chi connectivity index (χ4n) is 2.04. The van der Waals surface area contributed by atoms with E-state index >= 15 is 0 Å². The summed E-state index contributed by atoms with van der Waals surface area (Å²) in [7, 11) is -1.04. The van der Waals surface area contributed by atoms with E-state index in [1.807, 2.05) is 0 Å². The van der Waals surface area contributed by atoms with Crippen LogP contribution in [0.15, 0.2) is 41.3 Å². The van der Waals surface area contributed by atoms with Crippen molar-refractivity contribution >= 4 is 44.8 Å². The van der Waals surface area contributed by atoms with Gasteiger partial charge in [0.25, 0.3) is 0 Å². The highest BCUT2D eigenvalue weighted by Crippen LogP contribution is 2.29. The van der Waals surface area contributed by atoms with Crippen LogP contribution in [-0.4, -0.2) is 35.1 Å². The van der Waals surface area contributed by atoms with Crippen LogP contribution < -0.4 is 19.5 Å². The molecule has 2 N–H and O–H groups in total. The van der Waals surface area contributed by atoms with E-state index in [1.54, 1.807) is 18.2 Å². The van der Waals surface area contributed by atoms with Crippen LogP contribution >= 0.6 is 23.2 Å². The van der Waals surface area contributed by atoms with Crippen molar-refractivity contribution in [1.29, 1.82) is 0 Å². The van der Waals surface area contributed by atoms with Crippen molar-refractivity contribution in [3.8, 4) is 11.5 Å². The molecule has 0 atom stereocenters. The van der Waals surface area contributed by atoms with Gasteiger partial charge >= 0.3 is 0 Å². The molecule has 140 valence electrons. The molecule has 2 aromatic rings. The van der Waals surface area contributed by atoms with Gasteiger partial charge in [-0.2, -0.15) is 0 Å². The topological polar surface area (TPSA) is 93.7 Å². The van der Waals surface area contributed by atoms with E-state index in [0.717, 1.165) is 0 Å². The van der Waals surface area contributed by atoms with Crippen molar-refractivity contribution in [3.63, 3.8) is 0 Å². The van der Waals surface area contributed by atoms with Crippen LogP contribution in [0.2, 0.25) is 10.0 Å². The zero-order chi connectivity index (χ0) is 19.3. The Bertz CT molecular complexity index is 919. The second-order valence-electron chi connectivity index (χ2n) is 5.02. The molecule has 2 rings (SSSR count). The zero-order valence-corrected chi connectivity index (χ0v) is 16.2. The number of carbonyl (C=O) groups excluding carboxylic acids is 1. The van der Waals surface area contributed by atoms with Gasteiger partial charge in [0.2, 0.25) is 15.9 Å². The molecule has 0 spiro atoms. The Morgan fingerprint density at radius 2 is 1.73 bits per heavy atom. The SMILES string of the molecule is COc1ccc(NC(=O)CNS(=O)(=O)c2cc(Cl)ccc2Cl)cc1OC. The van der Waals surface area contributed by atoms with E-state index in [2.05, 4.69) is 10.0 Å². The summed E-state index contributed by atoms with van der Waals surface area (Å²) in [5.74, 6) is 0.359. The Kier molecular flexibility index (Phi) is 6.71. The number of hydrogen-bond acceptors (Lipinski definition) is 5. The molecule has 0 aliphatic heterocycles. The Morgan fingerprint density at radius 3 is 2.38 bits per heavy atom. The van der Waals surface area contributed by atoms with Gasteiger partial charge in [0.15, 0.2) is 11.5 Å². The molecular formula is C16H16Cl2N2O5S. The molecule has 1 amide bonds. The lowest BCUT2D eigenvalue weighted by atomic mass is 10.2. The number of anilines is 1. The van der Waals surface area contributed by atoms with Crippen LogP contribution in [0.1, 0.15) is 0 Å². The smallest absolute Gasteiger partial charge is 0.242 e. The molecule has 2 aromatic carbocycles. The van der Waals surface area contributed by atoms with E-state index in [0.29, 0.717) is 17.2 Å². The van der Waals surface area contributed by atoms with Crippen LogP contribution in [0.25, 0.3) is 0 Å². The van der Waals surface area contributed by atoms with Crippen molar-refractivity contribution < 1.29 is 22.7 Å². The van der Waals surface area contributed by atoms with Crippen molar-refractivity contribution in [2.24, 2.45) is 0 Å². The van der Waals surface area contributed by atoms with Gasteiger partial charge in [0, 0.05) is 16.8 Å². The van der Waals surface area contributed by atoms with Gasteiger partial charge in [-0.15, -0.1) is 0 Å². The highest BCUT2D eigenvalue weighted by atomic mass is 35.5. The summed E-state index contributed by atoms with van der Waals surface area (Å²) in [6.07, 6.45) is 0. The molecule has 0 saturated heterocycles. The lowest BCUT2D eigenvalue weighted by Crippen LogP contribution is -2.33. The molecule has 7 nitrogen and oxygen atoms in total. The van der Waals surface area contributed by atoms with Gasteiger partial charge in [0.1, 0.15) is 4.90 Å². The standard InChI is InChI=1S/C16H16Cl2N2O5S/c1-24-13-6-4-11(8-14(13)25-2)20-16(21)9-19-26(22,23)15-7-10(17)3-5-12(15)18/h3-8,19H,9H2,1-2H3,(H,20,21). The zero-order valence-electron chi connectivity index (χ0n) is 13.9. The summed E-state index contributed by atoms with van der Waals surface area (Å²) in [5, 5.41) is 2.77. The fraction of sp³-hybridized carbons (Fsp3) is 0.188. The minimum absolute atomic E-state index is 0.00204. The van der Waals surface area contributed by atoms with Crippen LogP contribution in [-0.2, 0) is 14.8 Å². The number of halogens is 2. The van der Waals surface area contributed by atoms with E-state index < -0.39 is 22.5 Å². The number of methoxy groups -OCH3 is 2. The summed E-state index contributed by atoms with van der Waals surface area (Å²) in [5.41, 5.74) is 0.424. The van der Waals surface area contributed by atoms with Crippen LogP contribution in [0.3, 0.4) is 0 Å². The van der Waals surface area contributed by atoms with Crippen molar-refractivity contribution in [1.82, 2.24) is 4.72 Å². The van der Waals surface area contributed by atoms with Crippen LogP contribution in [0.5, 0.6) is 11.5 Å². The minimum atomic E-state index is -4.00. The average molecular weight is 419 g/mol. The highest BCUT2D eigenvalue weighted by Gasteiger charge is 2.19. The third-order valence-corrected chi connectivity index (χ3v) is 5.39. The molecule has 0 saturated carbocycles. The van der Waals surface area contributed by atoms with Gasteiger partial charge in [-0.05, 0) is 30.3 Å². The summed E-state index contributed by atoms with van der Waals surface area (Å²) in [4.78, 5) is 11.8. The highest BCUT2D eigenvalue weighted by molar-refractivity contribution is 7.89. The van der Waals surface area contributed by atoms with E-state index in [9.17, 15) is 13.2 Å². The van der Waals surface area contributed by atoms with Gasteiger partial charge in [-0.3, -0.25) is 4.79 Å². The lowest BCUT2D eigenvalue weighted by Gasteiger charge is -2.11. The van der Waals surface area contributed by atoms with E-state index in [-0.39, 0.29) is 14.9 Å². The molecular weight excluding hydrogens is 403 g/mol. The number of benzene rings is 2. The number of ether oxygens (including phenoxy) is 2.